The van der Waals surface area contributed by atoms with Crippen molar-refractivity contribution in [2.75, 3.05) is 7.11 Å². The Balaban J connectivity index is 2.03. The summed E-state index contributed by atoms with van der Waals surface area (Å²) >= 11 is 0. The molecule has 5 heteroatoms. The summed E-state index contributed by atoms with van der Waals surface area (Å²) in [6.45, 7) is 0. The van der Waals surface area contributed by atoms with Gasteiger partial charge in [-0.15, -0.1) is 0 Å². The third kappa shape index (κ3) is 3.46. The summed E-state index contributed by atoms with van der Waals surface area (Å²) in [7, 11) is 1.61. The minimum absolute atomic E-state index is 0.0171. The Labute approximate surface area is 139 Å². The molecule has 122 valence electrons. The zero-order valence-electron chi connectivity index (χ0n) is 13.2. The van der Waals surface area contributed by atoms with E-state index in [-0.39, 0.29) is 12.8 Å². The Bertz CT molecular complexity index is 822. The van der Waals surface area contributed by atoms with Gasteiger partial charge in [-0.25, -0.2) is 4.98 Å². The van der Waals surface area contributed by atoms with Crippen LogP contribution >= 0.6 is 0 Å². The fraction of sp³-hybridized carbons (Fsp3) is 0.158. The van der Waals surface area contributed by atoms with E-state index in [2.05, 4.69) is 4.98 Å². The second kappa shape index (κ2) is 7.00. The number of benzene rings is 2. The van der Waals surface area contributed by atoms with Crippen molar-refractivity contribution in [3.63, 3.8) is 0 Å². The Morgan fingerprint density at radius 1 is 1.08 bits per heavy atom. The number of carboxylic acid groups (broad SMARTS) is 1. The standard InChI is InChI=1S/C19H17NO4/c1-23-15-9-7-14(8-10-15)19-18(13-5-3-2-4-6-13)20-16(24-19)11-12-17(21)22/h2-10H,11-12H2,1H3,(H,21,22). The molecule has 0 aliphatic rings. The first-order valence-corrected chi connectivity index (χ1v) is 7.58. The molecule has 2 aromatic carbocycles. The molecule has 0 amide bonds. The highest BCUT2D eigenvalue weighted by atomic mass is 16.5. The smallest absolute Gasteiger partial charge is 0.303 e. The normalized spacial score (nSPS) is 10.5. The van der Waals surface area contributed by atoms with Gasteiger partial charge >= 0.3 is 5.97 Å². The first-order valence-electron chi connectivity index (χ1n) is 7.58. The molecule has 0 fully saturated rings. The number of aryl methyl sites for hydroxylation is 1. The van der Waals surface area contributed by atoms with Gasteiger partial charge in [0.1, 0.15) is 11.4 Å². The number of nitrogens with zero attached hydrogens (tertiary/aromatic N) is 1. The van der Waals surface area contributed by atoms with E-state index in [9.17, 15) is 4.79 Å². The number of carbonyl (C=O) groups is 1. The van der Waals surface area contributed by atoms with Crippen LogP contribution in [0.4, 0.5) is 0 Å². The Morgan fingerprint density at radius 3 is 2.42 bits per heavy atom. The SMILES string of the molecule is COc1ccc(-c2oc(CCC(=O)O)nc2-c2ccccc2)cc1. The number of rotatable bonds is 6. The molecular weight excluding hydrogens is 306 g/mol. The van der Waals surface area contributed by atoms with Gasteiger partial charge in [0.05, 0.1) is 13.5 Å². The molecule has 24 heavy (non-hydrogen) atoms. The Hall–Kier alpha value is -3.08. The van der Waals surface area contributed by atoms with Crippen molar-refractivity contribution >= 4 is 5.97 Å². The van der Waals surface area contributed by atoms with Crippen LogP contribution in [-0.2, 0) is 11.2 Å². The van der Waals surface area contributed by atoms with Crippen molar-refractivity contribution in [3.05, 3.63) is 60.5 Å². The van der Waals surface area contributed by atoms with Crippen LogP contribution in [0.15, 0.2) is 59.0 Å². The van der Waals surface area contributed by atoms with Crippen molar-refractivity contribution in [2.24, 2.45) is 0 Å². The number of methoxy groups -OCH3 is 1. The van der Waals surface area contributed by atoms with E-state index in [0.717, 1.165) is 16.9 Å². The highest BCUT2D eigenvalue weighted by Gasteiger charge is 2.17. The summed E-state index contributed by atoms with van der Waals surface area (Å²) in [4.78, 5) is 15.3. The van der Waals surface area contributed by atoms with Gasteiger partial charge in [-0.05, 0) is 24.3 Å². The molecule has 3 rings (SSSR count). The molecule has 0 saturated carbocycles. The van der Waals surface area contributed by atoms with Crippen molar-refractivity contribution in [1.82, 2.24) is 4.98 Å². The highest BCUT2D eigenvalue weighted by molar-refractivity contribution is 5.77. The summed E-state index contributed by atoms with van der Waals surface area (Å²) in [6.07, 6.45) is 0.238. The van der Waals surface area contributed by atoms with E-state index >= 15 is 0 Å². The molecule has 0 aliphatic heterocycles. The highest BCUT2D eigenvalue weighted by Crippen LogP contribution is 2.33. The number of hydrogen-bond donors (Lipinski definition) is 1. The molecule has 5 nitrogen and oxygen atoms in total. The maximum atomic E-state index is 10.8. The van der Waals surface area contributed by atoms with Gasteiger partial charge in [0.25, 0.3) is 0 Å². The number of hydrogen-bond acceptors (Lipinski definition) is 4. The maximum absolute atomic E-state index is 10.8. The summed E-state index contributed by atoms with van der Waals surface area (Å²) in [5.74, 6) is 0.928. The molecule has 0 aliphatic carbocycles. The minimum Gasteiger partial charge on any atom is -0.497 e. The maximum Gasteiger partial charge on any atom is 0.303 e. The van der Waals surface area contributed by atoms with Gasteiger partial charge in [-0.2, -0.15) is 0 Å². The molecular formula is C19H17NO4. The molecule has 0 atom stereocenters. The number of aromatic nitrogens is 1. The van der Waals surface area contributed by atoms with E-state index in [0.29, 0.717) is 17.3 Å². The molecule has 0 unspecified atom stereocenters. The second-order valence-corrected chi connectivity index (χ2v) is 5.27. The number of oxazole rings is 1. The van der Waals surface area contributed by atoms with Crippen LogP contribution in [0, 0.1) is 0 Å². The predicted molar refractivity (Wildman–Crippen MR) is 89.9 cm³/mol. The summed E-state index contributed by atoms with van der Waals surface area (Å²) in [5, 5.41) is 8.86. The van der Waals surface area contributed by atoms with Crippen LogP contribution in [-0.4, -0.2) is 23.2 Å². The molecule has 1 aromatic heterocycles. The van der Waals surface area contributed by atoms with Crippen molar-refractivity contribution in [2.45, 2.75) is 12.8 Å². The Kier molecular flexibility index (Phi) is 4.61. The predicted octanol–water partition coefficient (Wildman–Crippen LogP) is 4.03. The monoisotopic (exact) mass is 323 g/mol. The fourth-order valence-corrected chi connectivity index (χ4v) is 2.41. The zero-order valence-corrected chi connectivity index (χ0v) is 13.2. The van der Waals surface area contributed by atoms with Gasteiger partial charge in [-0.3, -0.25) is 4.79 Å². The largest absolute Gasteiger partial charge is 0.497 e. The van der Waals surface area contributed by atoms with E-state index in [1.807, 2.05) is 54.6 Å². The number of ether oxygens (including phenoxy) is 1. The average molecular weight is 323 g/mol. The van der Waals surface area contributed by atoms with Crippen molar-refractivity contribution in [3.8, 4) is 28.3 Å². The Morgan fingerprint density at radius 2 is 1.79 bits per heavy atom. The third-order valence-electron chi connectivity index (χ3n) is 3.62. The lowest BCUT2D eigenvalue weighted by Gasteiger charge is -2.03. The molecule has 0 bridgehead atoms. The molecule has 3 aromatic rings. The average Bonchev–Trinajstić information content (AvgIpc) is 3.05. The first kappa shape index (κ1) is 15.8. The van der Waals surface area contributed by atoms with E-state index in [1.54, 1.807) is 7.11 Å². The van der Waals surface area contributed by atoms with Crippen LogP contribution < -0.4 is 4.74 Å². The van der Waals surface area contributed by atoms with E-state index in [1.165, 1.54) is 0 Å². The van der Waals surface area contributed by atoms with Crippen LogP contribution in [0.2, 0.25) is 0 Å². The van der Waals surface area contributed by atoms with Crippen LogP contribution in [0.25, 0.3) is 22.6 Å². The molecule has 0 spiro atoms. The van der Waals surface area contributed by atoms with Crippen LogP contribution in [0.5, 0.6) is 5.75 Å². The van der Waals surface area contributed by atoms with Gasteiger partial charge in [0, 0.05) is 17.5 Å². The van der Waals surface area contributed by atoms with Crippen LogP contribution in [0.3, 0.4) is 0 Å². The number of carboxylic acids is 1. The fourth-order valence-electron chi connectivity index (χ4n) is 2.41. The topological polar surface area (TPSA) is 72.6 Å². The first-order chi connectivity index (χ1) is 11.7. The van der Waals surface area contributed by atoms with Gasteiger partial charge in [0.15, 0.2) is 11.7 Å². The minimum atomic E-state index is -0.875. The number of aliphatic carboxylic acids is 1. The zero-order chi connectivity index (χ0) is 16.9. The van der Waals surface area contributed by atoms with E-state index < -0.39 is 5.97 Å². The van der Waals surface area contributed by atoms with Crippen LogP contribution in [0.1, 0.15) is 12.3 Å². The summed E-state index contributed by atoms with van der Waals surface area (Å²) < 4.78 is 11.0. The van der Waals surface area contributed by atoms with Gasteiger partial charge in [0.2, 0.25) is 0 Å². The van der Waals surface area contributed by atoms with E-state index in [4.69, 9.17) is 14.3 Å². The molecule has 1 N–H and O–H groups in total. The van der Waals surface area contributed by atoms with Crippen molar-refractivity contribution < 1.29 is 19.1 Å². The summed E-state index contributed by atoms with van der Waals surface area (Å²) in [6, 6.07) is 17.2. The summed E-state index contributed by atoms with van der Waals surface area (Å²) in [5.41, 5.74) is 2.50. The molecule has 0 radical (unpaired) electrons. The molecule has 0 saturated heterocycles. The van der Waals surface area contributed by atoms with Gasteiger partial charge in [-0.1, -0.05) is 30.3 Å². The second-order valence-electron chi connectivity index (χ2n) is 5.27. The molecule has 1 heterocycles. The third-order valence-corrected chi connectivity index (χ3v) is 3.62. The quantitative estimate of drug-likeness (QED) is 0.741. The van der Waals surface area contributed by atoms with Crippen molar-refractivity contribution in [1.29, 1.82) is 0 Å². The van der Waals surface area contributed by atoms with Gasteiger partial charge < -0.3 is 14.3 Å². The lowest BCUT2D eigenvalue weighted by Crippen LogP contribution is -1.97. The lowest BCUT2D eigenvalue weighted by molar-refractivity contribution is -0.137. The lowest BCUT2D eigenvalue weighted by atomic mass is 10.1.